The van der Waals surface area contributed by atoms with E-state index in [4.69, 9.17) is 0 Å². The quantitative estimate of drug-likeness (QED) is 0.805. The molecule has 1 aliphatic heterocycles. The summed E-state index contributed by atoms with van der Waals surface area (Å²) < 4.78 is 23.5. The average molecular weight is 330 g/mol. The second kappa shape index (κ2) is 6.12. The number of rotatable bonds is 4. The fourth-order valence-electron chi connectivity index (χ4n) is 2.99. The van der Waals surface area contributed by atoms with Gasteiger partial charge in [-0.2, -0.15) is 0 Å². The van der Waals surface area contributed by atoms with Gasteiger partial charge in [-0.3, -0.25) is 9.78 Å². The van der Waals surface area contributed by atoms with Crippen molar-refractivity contribution in [3.63, 3.8) is 0 Å². The first kappa shape index (κ1) is 15.7. The number of nitrogens with zero attached hydrogens (tertiary/aromatic N) is 2. The Kier molecular flexibility index (Phi) is 4.17. The molecule has 1 aromatic heterocycles. The molecule has 3 rings (SSSR count). The molecule has 6 heteroatoms. The molecule has 1 atom stereocenters. The minimum Gasteiger partial charge on any atom is -0.331 e. The molecule has 23 heavy (non-hydrogen) atoms. The van der Waals surface area contributed by atoms with E-state index in [2.05, 4.69) is 11.6 Å². The van der Waals surface area contributed by atoms with Crippen molar-refractivity contribution in [2.24, 2.45) is 0 Å². The second-order valence-corrected chi connectivity index (χ2v) is 7.91. The summed E-state index contributed by atoms with van der Waals surface area (Å²) in [7, 11) is -3.06. The maximum atomic E-state index is 13.0. The van der Waals surface area contributed by atoms with E-state index in [1.165, 1.54) is 0 Å². The molecule has 1 aromatic carbocycles. The maximum Gasteiger partial charge on any atom is 0.256 e. The monoisotopic (exact) mass is 330 g/mol. The van der Waals surface area contributed by atoms with Gasteiger partial charge in [0.25, 0.3) is 5.91 Å². The third kappa shape index (κ3) is 3.12. The number of pyridine rings is 1. The lowest BCUT2D eigenvalue weighted by molar-refractivity contribution is 0.0722. The molecule has 1 amide bonds. The van der Waals surface area contributed by atoms with Crippen LogP contribution in [-0.4, -0.2) is 48.3 Å². The topological polar surface area (TPSA) is 67.3 Å². The molecule has 5 nitrogen and oxygen atoms in total. The standard InChI is InChI=1S/C17H18N2O3S/c1-2-10-19(14-8-11-23(21,22)12-14)17(20)15-7-3-5-13-6-4-9-18-16(13)15/h2-7,9,14H,1,8,10-12H2. The highest BCUT2D eigenvalue weighted by Crippen LogP contribution is 2.23. The largest absolute Gasteiger partial charge is 0.331 e. The van der Waals surface area contributed by atoms with E-state index in [0.29, 0.717) is 24.0 Å². The van der Waals surface area contributed by atoms with Crippen LogP contribution in [0.2, 0.25) is 0 Å². The van der Waals surface area contributed by atoms with Crippen molar-refractivity contribution in [2.75, 3.05) is 18.1 Å². The third-order valence-electron chi connectivity index (χ3n) is 4.10. The summed E-state index contributed by atoms with van der Waals surface area (Å²) in [5, 5.41) is 0.885. The van der Waals surface area contributed by atoms with Crippen molar-refractivity contribution < 1.29 is 13.2 Å². The van der Waals surface area contributed by atoms with Gasteiger partial charge in [-0.1, -0.05) is 24.3 Å². The lowest BCUT2D eigenvalue weighted by atomic mass is 10.1. The summed E-state index contributed by atoms with van der Waals surface area (Å²) in [6, 6.07) is 8.87. The van der Waals surface area contributed by atoms with E-state index >= 15 is 0 Å². The Bertz CT molecular complexity index is 856. The van der Waals surface area contributed by atoms with Gasteiger partial charge in [0, 0.05) is 24.2 Å². The van der Waals surface area contributed by atoms with Crippen LogP contribution in [0.1, 0.15) is 16.8 Å². The Morgan fingerprint density at radius 3 is 2.83 bits per heavy atom. The Hall–Kier alpha value is -2.21. The summed E-state index contributed by atoms with van der Waals surface area (Å²) in [6.07, 6.45) is 3.75. The smallest absolute Gasteiger partial charge is 0.256 e. The molecule has 0 saturated carbocycles. The molecular weight excluding hydrogens is 312 g/mol. The van der Waals surface area contributed by atoms with Gasteiger partial charge in [0.1, 0.15) is 0 Å². The molecular formula is C17H18N2O3S. The van der Waals surface area contributed by atoms with Gasteiger partial charge >= 0.3 is 0 Å². The second-order valence-electron chi connectivity index (χ2n) is 5.68. The molecule has 0 bridgehead atoms. The summed E-state index contributed by atoms with van der Waals surface area (Å²) in [5.41, 5.74) is 1.13. The van der Waals surface area contributed by atoms with Crippen molar-refractivity contribution in [1.29, 1.82) is 0 Å². The summed E-state index contributed by atoms with van der Waals surface area (Å²) in [4.78, 5) is 18.9. The molecule has 2 aromatic rings. The highest BCUT2D eigenvalue weighted by Gasteiger charge is 2.34. The number of carbonyl (C=O) groups excluding carboxylic acids is 1. The zero-order valence-electron chi connectivity index (χ0n) is 12.7. The van der Waals surface area contributed by atoms with Gasteiger partial charge in [0.2, 0.25) is 0 Å². The first-order chi connectivity index (χ1) is 11.0. The predicted octanol–water partition coefficient (Wildman–Crippen LogP) is 2.05. The van der Waals surface area contributed by atoms with E-state index in [0.717, 1.165) is 5.39 Å². The zero-order chi connectivity index (χ0) is 16.4. The van der Waals surface area contributed by atoms with E-state index in [-0.39, 0.29) is 23.5 Å². The van der Waals surface area contributed by atoms with Crippen LogP contribution in [0.25, 0.3) is 10.9 Å². The Morgan fingerprint density at radius 2 is 2.13 bits per heavy atom. The third-order valence-corrected chi connectivity index (χ3v) is 5.85. The minimum atomic E-state index is -3.06. The van der Waals surface area contributed by atoms with Gasteiger partial charge in [-0.15, -0.1) is 6.58 Å². The zero-order valence-corrected chi connectivity index (χ0v) is 13.5. The van der Waals surface area contributed by atoms with Crippen LogP contribution < -0.4 is 0 Å². The van der Waals surface area contributed by atoms with Crippen LogP contribution in [-0.2, 0) is 9.84 Å². The highest BCUT2D eigenvalue weighted by atomic mass is 32.2. The van der Waals surface area contributed by atoms with Gasteiger partial charge in [-0.25, -0.2) is 8.42 Å². The van der Waals surface area contributed by atoms with E-state index in [1.807, 2.05) is 24.3 Å². The SMILES string of the molecule is C=CCN(C(=O)c1cccc2cccnc12)C1CCS(=O)(=O)C1. The lowest BCUT2D eigenvalue weighted by Crippen LogP contribution is -2.41. The van der Waals surface area contributed by atoms with E-state index in [9.17, 15) is 13.2 Å². The van der Waals surface area contributed by atoms with Crippen molar-refractivity contribution in [3.05, 3.63) is 54.7 Å². The summed E-state index contributed by atoms with van der Waals surface area (Å²) >= 11 is 0. The maximum absolute atomic E-state index is 13.0. The first-order valence-electron chi connectivity index (χ1n) is 7.48. The van der Waals surface area contributed by atoms with Gasteiger partial charge < -0.3 is 4.90 Å². The molecule has 1 saturated heterocycles. The van der Waals surface area contributed by atoms with Crippen molar-refractivity contribution in [3.8, 4) is 0 Å². The fourth-order valence-corrected chi connectivity index (χ4v) is 4.72. The van der Waals surface area contributed by atoms with E-state index < -0.39 is 9.84 Å². The summed E-state index contributed by atoms with van der Waals surface area (Å²) in [6.45, 7) is 4.01. The molecule has 0 N–H and O–H groups in total. The number of amides is 1. The van der Waals surface area contributed by atoms with Crippen LogP contribution in [0, 0.1) is 0 Å². The number of sulfone groups is 1. The van der Waals surface area contributed by atoms with Gasteiger partial charge in [0.05, 0.1) is 22.6 Å². The first-order valence-corrected chi connectivity index (χ1v) is 9.30. The molecule has 0 spiro atoms. The number of para-hydroxylation sites is 1. The number of hydrogen-bond acceptors (Lipinski definition) is 4. The molecule has 1 fully saturated rings. The van der Waals surface area contributed by atoms with Crippen molar-refractivity contribution in [2.45, 2.75) is 12.5 Å². The molecule has 2 heterocycles. The van der Waals surface area contributed by atoms with Crippen LogP contribution in [0.15, 0.2) is 49.2 Å². The minimum absolute atomic E-state index is 0.0186. The Morgan fingerprint density at radius 1 is 1.35 bits per heavy atom. The molecule has 120 valence electrons. The van der Waals surface area contributed by atoms with Crippen LogP contribution in [0.4, 0.5) is 0 Å². The average Bonchev–Trinajstić information content (AvgIpc) is 2.91. The number of carbonyl (C=O) groups is 1. The normalized spacial score (nSPS) is 19.6. The molecule has 1 aliphatic rings. The van der Waals surface area contributed by atoms with Gasteiger partial charge in [-0.05, 0) is 18.6 Å². The predicted molar refractivity (Wildman–Crippen MR) is 90.0 cm³/mol. The number of benzene rings is 1. The van der Waals surface area contributed by atoms with Crippen LogP contribution in [0.5, 0.6) is 0 Å². The molecule has 1 unspecified atom stereocenters. The Balaban J connectivity index is 1.99. The van der Waals surface area contributed by atoms with E-state index in [1.54, 1.807) is 23.2 Å². The highest BCUT2D eigenvalue weighted by molar-refractivity contribution is 7.91. The lowest BCUT2D eigenvalue weighted by Gasteiger charge is -2.27. The number of fused-ring (bicyclic) bond motifs is 1. The molecule has 0 aliphatic carbocycles. The Labute approximate surface area is 135 Å². The fraction of sp³-hybridized carbons (Fsp3) is 0.294. The van der Waals surface area contributed by atoms with Crippen LogP contribution in [0.3, 0.4) is 0 Å². The molecule has 0 radical (unpaired) electrons. The van der Waals surface area contributed by atoms with Crippen molar-refractivity contribution in [1.82, 2.24) is 9.88 Å². The van der Waals surface area contributed by atoms with Crippen molar-refractivity contribution >= 4 is 26.6 Å². The van der Waals surface area contributed by atoms with Gasteiger partial charge in [0.15, 0.2) is 9.84 Å². The number of hydrogen-bond donors (Lipinski definition) is 0. The summed E-state index contributed by atoms with van der Waals surface area (Å²) in [5.74, 6) is -0.0479. The number of aromatic nitrogens is 1. The van der Waals surface area contributed by atoms with Crippen LogP contribution >= 0.6 is 0 Å².